The third-order valence-corrected chi connectivity index (χ3v) is 4.13. The van der Waals surface area contributed by atoms with Gasteiger partial charge in [0.25, 0.3) is 0 Å². The minimum atomic E-state index is -0.113. The summed E-state index contributed by atoms with van der Waals surface area (Å²) in [5.41, 5.74) is 7.91. The Kier molecular flexibility index (Phi) is 4.69. The first-order chi connectivity index (χ1) is 9.75. The Morgan fingerprint density at radius 2 is 2.00 bits per heavy atom. The molecule has 5 heteroatoms. The number of aryl methyl sites for hydroxylation is 1. The lowest BCUT2D eigenvalue weighted by Crippen LogP contribution is -2.25. The monoisotopic (exact) mass is 369 g/mol. The van der Waals surface area contributed by atoms with Gasteiger partial charge in [0, 0.05) is 22.0 Å². The predicted molar refractivity (Wildman–Crippen MR) is 93.8 cm³/mol. The molecule has 0 fully saturated rings. The number of nitrogens with zero attached hydrogens (tertiary/aromatic N) is 2. The van der Waals surface area contributed by atoms with Crippen molar-refractivity contribution in [3.05, 3.63) is 33.5 Å². The highest BCUT2D eigenvalue weighted by atomic mass is 79.9. The number of nitrogen functional groups attached to an aromatic ring is 1. The van der Waals surface area contributed by atoms with Crippen molar-refractivity contribution in [2.45, 2.75) is 46.1 Å². The Bertz CT molecular complexity index is 656. The lowest BCUT2D eigenvalue weighted by molar-refractivity contribution is 0.387. The number of hydrogen-bond acceptors (Lipinski definition) is 2. The molecule has 1 aromatic heterocycles. The molecule has 1 aromatic carbocycles. The van der Waals surface area contributed by atoms with Gasteiger partial charge in [-0.1, -0.05) is 34.5 Å². The van der Waals surface area contributed by atoms with E-state index in [0.717, 1.165) is 34.4 Å². The number of aromatic nitrogens is 2. The lowest BCUT2D eigenvalue weighted by atomic mass is 10.1. The Labute approximate surface area is 139 Å². The van der Waals surface area contributed by atoms with Crippen LogP contribution in [0.1, 0.15) is 39.9 Å². The molecule has 0 aliphatic rings. The summed E-state index contributed by atoms with van der Waals surface area (Å²) >= 11 is 9.81. The maximum absolute atomic E-state index is 6.40. The van der Waals surface area contributed by atoms with E-state index in [4.69, 9.17) is 22.3 Å². The smallest absolute Gasteiger partial charge is 0.132 e. The van der Waals surface area contributed by atoms with Crippen molar-refractivity contribution in [1.29, 1.82) is 0 Å². The van der Waals surface area contributed by atoms with Crippen molar-refractivity contribution in [1.82, 2.24) is 9.55 Å². The second-order valence-electron chi connectivity index (χ2n) is 6.14. The van der Waals surface area contributed by atoms with E-state index in [1.165, 1.54) is 0 Å². The molecule has 2 aromatic rings. The molecular formula is C16H21BrClN3. The third kappa shape index (κ3) is 3.27. The van der Waals surface area contributed by atoms with Crippen molar-refractivity contribution >= 4 is 33.3 Å². The molecule has 1 heterocycles. The normalized spacial score (nSPS) is 11.9. The van der Waals surface area contributed by atoms with Gasteiger partial charge < -0.3 is 10.3 Å². The third-order valence-electron chi connectivity index (χ3n) is 3.31. The van der Waals surface area contributed by atoms with Gasteiger partial charge in [0.2, 0.25) is 0 Å². The molecule has 2 rings (SSSR count). The summed E-state index contributed by atoms with van der Waals surface area (Å²) in [5, 5.41) is 0.659. The minimum Gasteiger partial charge on any atom is -0.383 e. The highest BCUT2D eigenvalue weighted by Gasteiger charge is 2.25. The summed E-state index contributed by atoms with van der Waals surface area (Å²) in [6, 6.07) is 5.73. The number of nitrogens with two attached hydrogens (primary N) is 1. The first-order valence-electron chi connectivity index (χ1n) is 7.08. The molecule has 21 heavy (non-hydrogen) atoms. The summed E-state index contributed by atoms with van der Waals surface area (Å²) in [4.78, 5) is 4.77. The molecular weight excluding hydrogens is 350 g/mol. The summed E-state index contributed by atoms with van der Waals surface area (Å²) in [5.74, 6) is 1.68. The van der Waals surface area contributed by atoms with Gasteiger partial charge in [0.15, 0.2) is 0 Å². The Hall–Kier alpha value is -1.00. The lowest BCUT2D eigenvalue weighted by Gasteiger charge is -2.25. The average molecular weight is 371 g/mol. The zero-order chi connectivity index (χ0) is 15.8. The first-order valence-corrected chi connectivity index (χ1v) is 8.25. The van der Waals surface area contributed by atoms with Gasteiger partial charge in [-0.15, -0.1) is 0 Å². The molecule has 0 atom stereocenters. The molecule has 0 radical (unpaired) electrons. The molecule has 114 valence electrons. The SMILES string of the molecule is CCCc1nc(-c2cc(Br)ccc2Cl)c(N)n1C(C)(C)C. The zero-order valence-corrected chi connectivity index (χ0v) is 15.2. The van der Waals surface area contributed by atoms with Gasteiger partial charge in [0.05, 0.1) is 5.02 Å². The van der Waals surface area contributed by atoms with Crippen LogP contribution in [0.3, 0.4) is 0 Å². The fourth-order valence-corrected chi connectivity index (χ4v) is 3.07. The summed E-state index contributed by atoms with van der Waals surface area (Å²) in [6.45, 7) is 8.55. The van der Waals surface area contributed by atoms with E-state index in [-0.39, 0.29) is 5.54 Å². The van der Waals surface area contributed by atoms with Crippen LogP contribution in [0.15, 0.2) is 22.7 Å². The number of halogens is 2. The van der Waals surface area contributed by atoms with Gasteiger partial charge in [-0.25, -0.2) is 4.98 Å². The topological polar surface area (TPSA) is 43.8 Å². The van der Waals surface area contributed by atoms with Gasteiger partial charge >= 0.3 is 0 Å². The quantitative estimate of drug-likeness (QED) is 0.801. The van der Waals surface area contributed by atoms with Crippen molar-refractivity contribution in [2.24, 2.45) is 0 Å². The van der Waals surface area contributed by atoms with Crippen molar-refractivity contribution in [2.75, 3.05) is 5.73 Å². The van der Waals surface area contributed by atoms with Crippen LogP contribution in [-0.4, -0.2) is 9.55 Å². The highest BCUT2D eigenvalue weighted by Crippen LogP contribution is 2.36. The maximum Gasteiger partial charge on any atom is 0.132 e. The second-order valence-corrected chi connectivity index (χ2v) is 7.47. The number of anilines is 1. The van der Waals surface area contributed by atoms with Crippen LogP contribution >= 0.6 is 27.5 Å². The van der Waals surface area contributed by atoms with Gasteiger partial charge in [-0.3, -0.25) is 0 Å². The standard InChI is InChI=1S/C16H21BrClN3/c1-5-6-13-20-14(15(19)21(13)16(2,3)4)11-9-10(17)7-8-12(11)18/h7-9H,5-6,19H2,1-4H3. The van der Waals surface area contributed by atoms with Crippen LogP contribution in [0.25, 0.3) is 11.3 Å². The average Bonchev–Trinajstić information content (AvgIpc) is 2.69. The van der Waals surface area contributed by atoms with Crippen LogP contribution in [0.4, 0.5) is 5.82 Å². The van der Waals surface area contributed by atoms with E-state index in [0.29, 0.717) is 10.8 Å². The van der Waals surface area contributed by atoms with Gasteiger partial charge in [-0.05, 0) is 45.4 Å². The summed E-state index contributed by atoms with van der Waals surface area (Å²) in [6.07, 6.45) is 1.92. The maximum atomic E-state index is 6.40. The van der Waals surface area contributed by atoms with Crippen LogP contribution < -0.4 is 5.73 Å². The molecule has 0 spiro atoms. The molecule has 0 aliphatic carbocycles. The van der Waals surface area contributed by atoms with E-state index >= 15 is 0 Å². The van der Waals surface area contributed by atoms with Crippen molar-refractivity contribution < 1.29 is 0 Å². The number of imidazole rings is 1. The molecule has 0 amide bonds. The van der Waals surface area contributed by atoms with Crippen molar-refractivity contribution in [3.8, 4) is 11.3 Å². The number of benzene rings is 1. The minimum absolute atomic E-state index is 0.113. The summed E-state index contributed by atoms with van der Waals surface area (Å²) in [7, 11) is 0. The fourth-order valence-electron chi connectivity index (χ4n) is 2.50. The van der Waals surface area contributed by atoms with Gasteiger partial charge in [-0.2, -0.15) is 0 Å². The second kappa shape index (κ2) is 6.01. The molecule has 0 saturated heterocycles. The van der Waals surface area contributed by atoms with Crippen LogP contribution in [-0.2, 0) is 12.0 Å². The number of hydrogen-bond donors (Lipinski definition) is 1. The van der Waals surface area contributed by atoms with E-state index in [9.17, 15) is 0 Å². The Morgan fingerprint density at radius 3 is 2.57 bits per heavy atom. The van der Waals surface area contributed by atoms with E-state index in [1.807, 2.05) is 18.2 Å². The molecule has 0 saturated carbocycles. The van der Waals surface area contributed by atoms with Crippen LogP contribution in [0.2, 0.25) is 5.02 Å². The molecule has 0 unspecified atom stereocenters. The largest absolute Gasteiger partial charge is 0.383 e. The van der Waals surface area contributed by atoms with E-state index < -0.39 is 0 Å². The molecule has 0 bridgehead atoms. The zero-order valence-electron chi connectivity index (χ0n) is 12.9. The fraction of sp³-hybridized carbons (Fsp3) is 0.438. The van der Waals surface area contributed by atoms with Crippen LogP contribution in [0.5, 0.6) is 0 Å². The first kappa shape index (κ1) is 16.4. The Morgan fingerprint density at radius 1 is 1.33 bits per heavy atom. The molecule has 0 aliphatic heterocycles. The van der Waals surface area contributed by atoms with Crippen LogP contribution in [0, 0.1) is 0 Å². The molecule has 3 nitrogen and oxygen atoms in total. The van der Waals surface area contributed by atoms with E-state index in [1.54, 1.807) is 0 Å². The predicted octanol–water partition coefficient (Wildman–Crippen LogP) is 5.26. The molecule has 2 N–H and O–H groups in total. The van der Waals surface area contributed by atoms with Gasteiger partial charge in [0.1, 0.15) is 17.3 Å². The Balaban J connectivity index is 2.68. The van der Waals surface area contributed by atoms with Crippen molar-refractivity contribution in [3.63, 3.8) is 0 Å². The summed E-state index contributed by atoms with van der Waals surface area (Å²) < 4.78 is 3.08. The number of rotatable bonds is 3. The highest BCUT2D eigenvalue weighted by molar-refractivity contribution is 9.10. The van der Waals surface area contributed by atoms with E-state index in [2.05, 4.69) is 48.2 Å².